The summed E-state index contributed by atoms with van der Waals surface area (Å²) < 4.78 is 5.82. The van der Waals surface area contributed by atoms with Gasteiger partial charge in [-0.2, -0.15) is 0 Å². The van der Waals surface area contributed by atoms with Gasteiger partial charge in [0.1, 0.15) is 11.5 Å². The number of halogens is 1. The van der Waals surface area contributed by atoms with E-state index in [1.165, 1.54) is 5.56 Å². The van der Waals surface area contributed by atoms with E-state index in [0.717, 1.165) is 23.6 Å². The van der Waals surface area contributed by atoms with Crippen LogP contribution in [0.25, 0.3) is 0 Å². The fourth-order valence-electron chi connectivity index (χ4n) is 1.80. The molecule has 0 radical (unpaired) electrons. The highest BCUT2D eigenvalue weighted by atomic mass is 35.5. The lowest BCUT2D eigenvalue weighted by atomic mass is 10.1. The van der Waals surface area contributed by atoms with Crippen LogP contribution >= 0.6 is 11.6 Å². The Morgan fingerprint density at radius 2 is 2.00 bits per heavy atom. The third-order valence-corrected chi connectivity index (χ3v) is 2.88. The van der Waals surface area contributed by atoms with Gasteiger partial charge in [0.05, 0.1) is 0 Å². The smallest absolute Gasteiger partial charge is 0.130 e. The summed E-state index contributed by atoms with van der Waals surface area (Å²) in [6.07, 6.45) is 0. The summed E-state index contributed by atoms with van der Waals surface area (Å²) in [5.41, 5.74) is 2.36. The predicted molar refractivity (Wildman–Crippen MR) is 75.5 cm³/mol. The lowest BCUT2D eigenvalue weighted by molar-refractivity contribution is 0.478. The van der Waals surface area contributed by atoms with Gasteiger partial charge in [-0.25, -0.2) is 0 Å². The minimum absolute atomic E-state index is 0.678. The van der Waals surface area contributed by atoms with Crippen LogP contribution in [0.3, 0.4) is 0 Å². The van der Waals surface area contributed by atoms with Crippen LogP contribution in [0.1, 0.15) is 11.1 Å². The van der Waals surface area contributed by atoms with Crippen molar-refractivity contribution in [2.45, 2.75) is 13.5 Å². The molecule has 0 bridgehead atoms. The van der Waals surface area contributed by atoms with E-state index in [9.17, 15) is 0 Å². The first-order valence-electron chi connectivity index (χ1n) is 5.86. The second-order valence-electron chi connectivity index (χ2n) is 4.19. The number of rotatable bonds is 4. The van der Waals surface area contributed by atoms with Crippen molar-refractivity contribution in [1.29, 1.82) is 0 Å². The van der Waals surface area contributed by atoms with Gasteiger partial charge in [-0.15, -0.1) is 0 Å². The number of ether oxygens (including phenoxy) is 1. The molecule has 0 fully saturated rings. The Labute approximate surface area is 113 Å². The van der Waals surface area contributed by atoms with E-state index in [4.69, 9.17) is 16.3 Å². The van der Waals surface area contributed by atoms with E-state index >= 15 is 0 Å². The predicted octanol–water partition coefficient (Wildman–Crippen LogP) is 4.16. The SMILES string of the molecule is CNCc1ccc(Oc2cccc(Cl)c2)c(C)c1. The van der Waals surface area contributed by atoms with Crippen LogP contribution in [0, 0.1) is 6.92 Å². The van der Waals surface area contributed by atoms with Crippen molar-refractivity contribution in [1.82, 2.24) is 5.32 Å². The Hall–Kier alpha value is -1.51. The largest absolute Gasteiger partial charge is 0.457 e. The second kappa shape index (κ2) is 5.89. The lowest BCUT2D eigenvalue weighted by Crippen LogP contribution is -2.05. The van der Waals surface area contributed by atoms with Gasteiger partial charge in [0.15, 0.2) is 0 Å². The molecule has 0 heterocycles. The van der Waals surface area contributed by atoms with Crippen molar-refractivity contribution in [2.75, 3.05) is 7.05 Å². The molecular formula is C15H16ClNO. The minimum atomic E-state index is 0.678. The minimum Gasteiger partial charge on any atom is -0.457 e. The third kappa shape index (κ3) is 3.25. The Balaban J connectivity index is 2.19. The van der Waals surface area contributed by atoms with Gasteiger partial charge in [0.2, 0.25) is 0 Å². The first kappa shape index (κ1) is 12.9. The summed E-state index contributed by atoms with van der Waals surface area (Å²) in [6, 6.07) is 13.6. The maximum atomic E-state index is 5.93. The van der Waals surface area contributed by atoms with E-state index in [0.29, 0.717) is 5.02 Å². The molecule has 2 rings (SSSR count). The Bertz CT molecular complexity index is 540. The molecule has 3 heteroatoms. The first-order chi connectivity index (χ1) is 8.69. The maximum absolute atomic E-state index is 5.93. The fourth-order valence-corrected chi connectivity index (χ4v) is 1.98. The van der Waals surface area contributed by atoms with Gasteiger partial charge < -0.3 is 10.1 Å². The van der Waals surface area contributed by atoms with Gasteiger partial charge in [0.25, 0.3) is 0 Å². The van der Waals surface area contributed by atoms with Gasteiger partial charge >= 0.3 is 0 Å². The molecule has 94 valence electrons. The molecule has 0 atom stereocenters. The van der Waals surface area contributed by atoms with Gasteiger partial charge in [-0.1, -0.05) is 29.8 Å². The molecule has 0 aliphatic heterocycles. The highest BCUT2D eigenvalue weighted by molar-refractivity contribution is 6.30. The molecule has 18 heavy (non-hydrogen) atoms. The molecule has 0 spiro atoms. The Kier molecular flexibility index (Phi) is 4.24. The maximum Gasteiger partial charge on any atom is 0.130 e. The van der Waals surface area contributed by atoms with Crippen molar-refractivity contribution >= 4 is 11.6 Å². The molecule has 2 aromatic rings. The third-order valence-electron chi connectivity index (χ3n) is 2.64. The molecule has 0 saturated carbocycles. The molecule has 0 aliphatic rings. The molecule has 0 saturated heterocycles. The molecule has 0 amide bonds. The summed E-state index contributed by atoms with van der Waals surface area (Å²) in [4.78, 5) is 0. The van der Waals surface area contributed by atoms with Crippen LogP contribution in [-0.4, -0.2) is 7.05 Å². The van der Waals surface area contributed by atoms with Crippen LogP contribution in [0.4, 0.5) is 0 Å². The standard InChI is InChI=1S/C15H16ClNO/c1-11-8-12(10-17-2)6-7-15(11)18-14-5-3-4-13(16)9-14/h3-9,17H,10H2,1-2H3. The highest BCUT2D eigenvalue weighted by Crippen LogP contribution is 2.27. The average molecular weight is 262 g/mol. The summed E-state index contributed by atoms with van der Waals surface area (Å²) >= 11 is 5.93. The lowest BCUT2D eigenvalue weighted by Gasteiger charge is -2.10. The van der Waals surface area contributed by atoms with Crippen LogP contribution < -0.4 is 10.1 Å². The van der Waals surface area contributed by atoms with E-state index in [-0.39, 0.29) is 0 Å². The molecule has 0 unspecified atom stereocenters. The molecule has 1 N–H and O–H groups in total. The number of benzene rings is 2. The van der Waals surface area contributed by atoms with Gasteiger partial charge in [-0.3, -0.25) is 0 Å². The normalized spacial score (nSPS) is 10.4. The topological polar surface area (TPSA) is 21.3 Å². The van der Waals surface area contributed by atoms with Crippen LogP contribution in [0.2, 0.25) is 5.02 Å². The molecule has 0 aromatic heterocycles. The van der Waals surface area contributed by atoms with Crippen molar-refractivity contribution in [3.63, 3.8) is 0 Å². The second-order valence-corrected chi connectivity index (χ2v) is 4.63. The summed E-state index contributed by atoms with van der Waals surface area (Å²) in [5, 5.41) is 3.81. The zero-order chi connectivity index (χ0) is 13.0. The summed E-state index contributed by atoms with van der Waals surface area (Å²) in [7, 11) is 1.94. The van der Waals surface area contributed by atoms with E-state index in [1.54, 1.807) is 0 Å². The quantitative estimate of drug-likeness (QED) is 0.892. The van der Waals surface area contributed by atoms with Crippen LogP contribution in [0.15, 0.2) is 42.5 Å². The number of hydrogen-bond donors (Lipinski definition) is 1. The number of hydrogen-bond acceptors (Lipinski definition) is 2. The van der Waals surface area contributed by atoms with E-state index in [2.05, 4.69) is 17.4 Å². The zero-order valence-electron chi connectivity index (χ0n) is 10.5. The van der Waals surface area contributed by atoms with Crippen molar-refractivity contribution in [2.24, 2.45) is 0 Å². The molecule has 2 aromatic carbocycles. The van der Waals surface area contributed by atoms with E-state index < -0.39 is 0 Å². The monoisotopic (exact) mass is 261 g/mol. The Morgan fingerprint density at radius 1 is 1.17 bits per heavy atom. The number of nitrogens with one attached hydrogen (secondary N) is 1. The van der Waals surface area contributed by atoms with Crippen LogP contribution in [0.5, 0.6) is 11.5 Å². The molecule has 2 nitrogen and oxygen atoms in total. The molecular weight excluding hydrogens is 246 g/mol. The average Bonchev–Trinajstić information content (AvgIpc) is 2.33. The first-order valence-corrected chi connectivity index (χ1v) is 6.24. The highest BCUT2D eigenvalue weighted by Gasteiger charge is 2.03. The number of aryl methyl sites for hydroxylation is 1. The summed E-state index contributed by atoms with van der Waals surface area (Å²) in [5.74, 6) is 1.61. The fraction of sp³-hybridized carbons (Fsp3) is 0.200. The van der Waals surface area contributed by atoms with Crippen molar-refractivity contribution < 1.29 is 4.74 Å². The van der Waals surface area contributed by atoms with Gasteiger partial charge in [-0.05, 0) is 49.4 Å². The van der Waals surface area contributed by atoms with Crippen molar-refractivity contribution in [3.05, 3.63) is 58.6 Å². The van der Waals surface area contributed by atoms with Crippen molar-refractivity contribution in [3.8, 4) is 11.5 Å². The van der Waals surface area contributed by atoms with Gasteiger partial charge in [0, 0.05) is 11.6 Å². The van der Waals surface area contributed by atoms with Crippen LogP contribution in [-0.2, 0) is 6.54 Å². The molecule has 0 aliphatic carbocycles. The summed E-state index contributed by atoms with van der Waals surface area (Å²) in [6.45, 7) is 2.90. The zero-order valence-corrected chi connectivity index (χ0v) is 11.3. The Morgan fingerprint density at radius 3 is 2.67 bits per heavy atom. The van der Waals surface area contributed by atoms with E-state index in [1.807, 2.05) is 44.3 Å².